The van der Waals surface area contributed by atoms with Gasteiger partial charge >= 0.3 is 6.18 Å². The second-order valence-corrected chi connectivity index (χ2v) is 9.48. The van der Waals surface area contributed by atoms with Gasteiger partial charge in [-0.05, 0) is 43.0 Å². The van der Waals surface area contributed by atoms with Crippen LogP contribution >= 0.6 is 11.3 Å². The number of alkyl halides is 3. The number of benzene rings is 1. The van der Waals surface area contributed by atoms with Crippen molar-refractivity contribution in [1.82, 2.24) is 9.97 Å². The Kier molecular flexibility index (Phi) is 5.60. The minimum absolute atomic E-state index is 0.0908. The molecule has 9 heteroatoms. The summed E-state index contributed by atoms with van der Waals surface area (Å²) in [7, 11) is 0. The Morgan fingerprint density at radius 2 is 1.76 bits per heavy atom. The first kappa shape index (κ1) is 21.9. The molecule has 1 aromatic carbocycles. The molecule has 0 spiro atoms. The molecule has 0 bridgehead atoms. The molecule has 2 aliphatic rings. The average molecular weight is 473 g/mol. The van der Waals surface area contributed by atoms with Gasteiger partial charge in [-0.3, -0.25) is 4.79 Å². The Labute approximate surface area is 193 Å². The molecule has 0 saturated carbocycles. The van der Waals surface area contributed by atoms with Crippen molar-refractivity contribution in [2.24, 2.45) is 0 Å². The van der Waals surface area contributed by atoms with Crippen LogP contribution in [-0.4, -0.2) is 41.9 Å². The highest BCUT2D eigenvalue weighted by Gasteiger charge is 2.33. The van der Waals surface area contributed by atoms with E-state index >= 15 is 0 Å². The monoisotopic (exact) mass is 472 g/mol. The molecule has 5 rings (SSSR count). The number of nitrogens with zero attached hydrogens (tertiary/aromatic N) is 4. The molecule has 1 saturated heterocycles. The highest BCUT2D eigenvalue weighted by Crippen LogP contribution is 2.36. The second kappa shape index (κ2) is 8.44. The minimum Gasteiger partial charge on any atom is -0.368 e. The number of hydrogen-bond donors (Lipinski definition) is 0. The van der Waals surface area contributed by atoms with Crippen molar-refractivity contribution in [2.75, 3.05) is 36.0 Å². The Hall–Kier alpha value is -2.94. The van der Waals surface area contributed by atoms with Crippen molar-refractivity contribution < 1.29 is 18.0 Å². The summed E-state index contributed by atoms with van der Waals surface area (Å²) in [6.07, 6.45) is -3.17. The number of carbonyl (C=O) groups excluding carboxylic acids is 1. The van der Waals surface area contributed by atoms with Crippen LogP contribution in [0.1, 0.15) is 44.5 Å². The van der Waals surface area contributed by atoms with E-state index in [4.69, 9.17) is 4.98 Å². The van der Waals surface area contributed by atoms with Gasteiger partial charge in [-0.1, -0.05) is 12.1 Å². The number of rotatable bonds is 3. The number of hydrogen-bond acceptors (Lipinski definition) is 6. The van der Waals surface area contributed by atoms with E-state index in [1.54, 1.807) is 17.4 Å². The van der Waals surface area contributed by atoms with Gasteiger partial charge in [0.25, 0.3) is 0 Å². The molecule has 0 N–H and O–H groups in total. The number of fused-ring (bicyclic) bond motifs is 1. The molecule has 1 fully saturated rings. The van der Waals surface area contributed by atoms with Gasteiger partial charge in [-0.2, -0.15) is 13.2 Å². The Bertz CT molecular complexity index is 1170. The molecule has 33 heavy (non-hydrogen) atoms. The van der Waals surface area contributed by atoms with Gasteiger partial charge < -0.3 is 9.80 Å². The SMILES string of the molecule is Cc1nc(N2CCN(c3cccc(C(F)(F)F)c3)CC2)nc2c1C(=O)C[C@@H](c1cccs1)C2. The van der Waals surface area contributed by atoms with E-state index in [9.17, 15) is 18.0 Å². The molecule has 3 heterocycles. The lowest BCUT2D eigenvalue weighted by molar-refractivity contribution is -0.137. The molecule has 0 unspecified atom stereocenters. The molecule has 0 amide bonds. The van der Waals surface area contributed by atoms with Crippen molar-refractivity contribution in [1.29, 1.82) is 0 Å². The summed E-state index contributed by atoms with van der Waals surface area (Å²) in [5.41, 5.74) is 2.07. The average Bonchev–Trinajstić information content (AvgIpc) is 3.33. The first-order valence-electron chi connectivity index (χ1n) is 10.9. The van der Waals surface area contributed by atoms with E-state index in [1.165, 1.54) is 17.0 Å². The number of carbonyl (C=O) groups is 1. The third kappa shape index (κ3) is 4.34. The predicted molar refractivity (Wildman–Crippen MR) is 122 cm³/mol. The first-order chi connectivity index (χ1) is 15.8. The van der Waals surface area contributed by atoms with Crippen molar-refractivity contribution in [3.8, 4) is 0 Å². The molecular weight excluding hydrogens is 449 g/mol. The molecule has 2 aromatic heterocycles. The lowest BCUT2D eigenvalue weighted by atomic mass is 9.84. The highest BCUT2D eigenvalue weighted by molar-refractivity contribution is 7.10. The topological polar surface area (TPSA) is 49.3 Å². The summed E-state index contributed by atoms with van der Waals surface area (Å²) < 4.78 is 39.2. The number of halogens is 3. The summed E-state index contributed by atoms with van der Waals surface area (Å²) in [4.78, 5) is 27.4. The fourth-order valence-electron chi connectivity index (χ4n) is 4.67. The number of Topliss-reactive ketones (excluding diaryl/α,β-unsaturated/α-hetero) is 1. The van der Waals surface area contributed by atoms with Gasteiger partial charge in [0.2, 0.25) is 5.95 Å². The number of anilines is 2. The third-order valence-electron chi connectivity index (χ3n) is 6.35. The summed E-state index contributed by atoms with van der Waals surface area (Å²) in [5.74, 6) is 0.826. The summed E-state index contributed by atoms with van der Waals surface area (Å²) in [5, 5.41) is 2.02. The molecule has 5 nitrogen and oxygen atoms in total. The Balaban J connectivity index is 1.33. The first-order valence-corrected chi connectivity index (χ1v) is 11.8. The summed E-state index contributed by atoms with van der Waals surface area (Å²) in [6.45, 7) is 4.18. The van der Waals surface area contributed by atoms with E-state index in [0.29, 0.717) is 61.9 Å². The van der Waals surface area contributed by atoms with Crippen LogP contribution in [0.25, 0.3) is 0 Å². The largest absolute Gasteiger partial charge is 0.416 e. The lowest BCUT2D eigenvalue weighted by Gasteiger charge is -2.37. The van der Waals surface area contributed by atoms with Gasteiger partial charge in [-0.15, -0.1) is 11.3 Å². The van der Waals surface area contributed by atoms with Crippen LogP contribution < -0.4 is 9.80 Å². The number of thiophene rings is 1. The van der Waals surface area contributed by atoms with E-state index < -0.39 is 11.7 Å². The van der Waals surface area contributed by atoms with Crippen LogP contribution in [0.3, 0.4) is 0 Å². The molecule has 1 aliphatic carbocycles. The van der Waals surface area contributed by atoms with Crippen LogP contribution in [0.5, 0.6) is 0 Å². The van der Waals surface area contributed by atoms with Crippen LogP contribution in [0, 0.1) is 6.92 Å². The van der Waals surface area contributed by atoms with E-state index in [2.05, 4.69) is 16.0 Å². The normalized spacial score (nSPS) is 19.0. The maximum Gasteiger partial charge on any atom is 0.416 e. The fourth-order valence-corrected chi connectivity index (χ4v) is 5.50. The van der Waals surface area contributed by atoms with Crippen molar-refractivity contribution in [3.63, 3.8) is 0 Å². The zero-order chi connectivity index (χ0) is 23.2. The predicted octanol–water partition coefficient (Wildman–Crippen LogP) is 5.10. The zero-order valence-corrected chi connectivity index (χ0v) is 18.9. The quantitative estimate of drug-likeness (QED) is 0.531. The van der Waals surface area contributed by atoms with Gasteiger partial charge in [0, 0.05) is 49.1 Å². The molecule has 1 aliphatic heterocycles. The number of piperazine rings is 1. The summed E-state index contributed by atoms with van der Waals surface area (Å²) >= 11 is 1.66. The van der Waals surface area contributed by atoms with Gasteiger partial charge in [0.15, 0.2) is 5.78 Å². The Morgan fingerprint density at radius 1 is 1.00 bits per heavy atom. The van der Waals surface area contributed by atoms with Gasteiger partial charge in [-0.25, -0.2) is 9.97 Å². The standard InChI is InChI=1S/C24H23F3N4OS/c1-15-22-19(12-16(13-20(22)32)21-6-3-11-33-21)29-23(28-15)31-9-7-30(8-10-31)18-5-2-4-17(14-18)24(25,26)27/h2-6,11,14,16H,7-10,12-13H2,1H3/t16-/m0/s1. The highest BCUT2D eigenvalue weighted by atomic mass is 32.1. The number of ketones is 1. The smallest absolute Gasteiger partial charge is 0.368 e. The van der Waals surface area contributed by atoms with Crippen molar-refractivity contribution >= 4 is 28.8 Å². The van der Waals surface area contributed by atoms with Crippen molar-refractivity contribution in [3.05, 3.63) is 69.2 Å². The fraction of sp³-hybridized carbons (Fsp3) is 0.375. The van der Waals surface area contributed by atoms with E-state index in [-0.39, 0.29) is 11.7 Å². The summed E-state index contributed by atoms with van der Waals surface area (Å²) in [6, 6.07) is 9.51. The Morgan fingerprint density at radius 3 is 2.45 bits per heavy atom. The maximum absolute atomic E-state index is 13.1. The van der Waals surface area contributed by atoms with E-state index in [1.807, 2.05) is 23.3 Å². The van der Waals surface area contributed by atoms with Crippen LogP contribution in [0.4, 0.5) is 24.8 Å². The molecule has 172 valence electrons. The molecule has 1 atom stereocenters. The van der Waals surface area contributed by atoms with Gasteiger partial charge in [0.1, 0.15) is 0 Å². The van der Waals surface area contributed by atoms with Crippen LogP contribution in [-0.2, 0) is 12.6 Å². The van der Waals surface area contributed by atoms with Crippen molar-refractivity contribution in [2.45, 2.75) is 31.9 Å². The third-order valence-corrected chi connectivity index (χ3v) is 7.38. The molecule has 0 radical (unpaired) electrons. The maximum atomic E-state index is 13.1. The minimum atomic E-state index is -4.36. The second-order valence-electron chi connectivity index (χ2n) is 8.50. The van der Waals surface area contributed by atoms with Gasteiger partial charge in [0.05, 0.1) is 22.5 Å². The van der Waals surface area contributed by atoms with E-state index in [0.717, 1.165) is 11.8 Å². The van der Waals surface area contributed by atoms with Crippen LogP contribution in [0.2, 0.25) is 0 Å². The number of aromatic nitrogens is 2. The number of aryl methyl sites for hydroxylation is 1. The molecule has 3 aromatic rings. The zero-order valence-electron chi connectivity index (χ0n) is 18.1. The van der Waals surface area contributed by atoms with Crippen LogP contribution in [0.15, 0.2) is 41.8 Å². The molecular formula is C24H23F3N4OS. The lowest BCUT2D eigenvalue weighted by Crippen LogP contribution is -2.47.